The number of thiazole rings is 1. The first-order valence-electron chi connectivity index (χ1n) is 6.88. The molecule has 0 bridgehead atoms. The van der Waals surface area contributed by atoms with Crippen molar-refractivity contribution < 1.29 is 4.74 Å². The standard InChI is InChI=1S/C15H17N3OS/c1-3-8-19-11-9-12-14(18-15(20-12)16-4-2)10-6-5-7-17-13(10)11/h5-7,9H,3-4,8H2,1-2H3,(H,16,18). The van der Waals surface area contributed by atoms with Crippen LogP contribution in [0, 0.1) is 0 Å². The minimum atomic E-state index is 0.704. The highest BCUT2D eigenvalue weighted by Gasteiger charge is 2.12. The van der Waals surface area contributed by atoms with Gasteiger partial charge in [-0.2, -0.15) is 0 Å². The summed E-state index contributed by atoms with van der Waals surface area (Å²) in [5.74, 6) is 0.849. The van der Waals surface area contributed by atoms with E-state index in [1.807, 2.05) is 6.07 Å². The highest BCUT2D eigenvalue weighted by molar-refractivity contribution is 7.22. The monoisotopic (exact) mass is 287 g/mol. The second kappa shape index (κ2) is 5.63. The van der Waals surface area contributed by atoms with Crippen LogP contribution in [0.15, 0.2) is 24.4 Å². The zero-order valence-corrected chi connectivity index (χ0v) is 12.5. The van der Waals surface area contributed by atoms with E-state index in [-0.39, 0.29) is 0 Å². The maximum atomic E-state index is 5.84. The number of rotatable bonds is 5. The molecule has 0 unspecified atom stereocenters. The van der Waals surface area contributed by atoms with Gasteiger partial charge in [0.15, 0.2) is 5.13 Å². The van der Waals surface area contributed by atoms with Gasteiger partial charge in [0.05, 0.1) is 16.8 Å². The number of fused-ring (bicyclic) bond motifs is 3. The summed E-state index contributed by atoms with van der Waals surface area (Å²) >= 11 is 1.65. The lowest BCUT2D eigenvalue weighted by Crippen LogP contribution is -1.96. The van der Waals surface area contributed by atoms with Crippen LogP contribution < -0.4 is 10.1 Å². The van der Waals surface area contributed by atoms with Gasteiger partial charge in [0.25, 0.3) is 0 Å². The van der Waals surface area contributed by atoms with E-state index in [0.717, 1.165) is 45.0 Å². The van der Waals surface area contributed by atoms with Crippen molar-refractivity contribution in [3.05, 3.63) is 24.4 Å². The van der Waals surface area contributed by atoms with E-state index in [0.29, 0.717) is 6.61 Å². The predicted molar refractivity (Wildman–Crippen MR) is 84.9 cm³/mol. The van der Waals surface area contributed by atoms with Crippen LogP contribution in [0.4, 0.5) is 5.13 Å². The number of hydrogen-bond donors (Lipinski definition) is 1. The third kappa shape index (κ3) is 2.29. The van der Waals surface area contributed by atoms with Gasteiger partial charge in [-0.1, -0.05) is 18.3 Å². The predicted octanol–water partition coefficient (Wildman–Crippen LogP) is 4.07. The Hall–Kier alpha value is -1.88. The number of nitrogens with zero attached hydrogens (tertiary/aromatic N) is 2. The van der Waals surface area contributed by atoms with Crippen LogP contribution in [0.2, 0.25) is 0 Å². The van der Waals surface area contributed by atoms with Gasteiger partial charge < -0.3 is 10.1 Å². The van der Waals surface area contributed by atoms with E-state index in [2.05, 4.69) is 41.3 Å². The van der Waals surface area contributed by atoms with Crippen molar-refractivity contribution >= 4 is 37.6 Å². The first kappa shape index (κ1) is 13.1. The fourth-order valence-corrected chi connectivity index (χ4v) is 3.13. The average molecular weight is 287 g/mol. The van der Waals surface area contributed by atoms with Gasteiger partial charge in [0.2, 0.25) is 0 Å². The number of aromatic nitrogens is 2. The Labute approximate surface area is 121 Å². The summed E-state index contributed by atoms with van der Waals surface area (Å²) in [6.45, 7) is 5.75. The molecule has 5 heteroatoms. The van der Waals surface area contributed by atoms with Crippen LogP contribution in [-0.4, -0.2) is 23.1 Å². The maximum absolute atomic E-state index is 5.84. The maximum Gasteiger partial charge on any atom is 0.183 e. The molecule has 0 radical (unpaired) electrons. The summed E-state index contributed by atoms with van der Waals surface area (Å²) < 4.78 is 6.97. The number of ether oxygens (including phenoxy) is 1. The summed E-state index contributed by atoms with van der Waals surface area (Å²) in [4.78, 5) is 9.12. The summed E-state index contributed by atoms with van der Waals surface area (Å²) in [5.41, 5.74) is 1.89. The van der Waals surface area contributed by atoms with E-state index in [4.69, 9.17) is 4.74 Å². The lowest BCUT2D eigenvalue weighted by atomic mass is 10.2. The van der Waals surface area contributed by atoms with Crippen molar-refractivity contribution in [2.75, 3.05) is 18.5 Å². The van der Waals surface area contributed by atoms with Gasteiger partial charge in [-0.25, -0.2) is 4.98 Å². The molecular weight excluding hydrogens is 270 g/mol. The molecule has 0 saturated carbocycles. The highest BCUT2D eigenvalue weighted by atomic mass is 32.1. The molecule has 0 saturated heterocycles. The molecule has 0 amide bonds. The zero-order valence-electron chi connectivity index (χ0n) is 11.6. The Morgan fingerprint density at radius 3 is 3.00 bits per heavy atom. The number of nitrogens with one attached hydrogen (secondary N) is 1. The molecule has 1 aromatic carbocycles. The SMILES string of the molecule is CCCOc1cc2sc(NCC)nc2c2cccnc12. The third-order valence-electron chi connectivity index (χ3n) is 3.00. The number of anilines is 1. The molecule has 0 aliphatic carbocycles. The van der Waals surface area contributed by atoms with Crippen LogP contribution in [0.25, 0.3) is 21.1 Å². The number of benzene rings is 1. The van der Waals surface area contributed by atoms with Crippen LogP contribution in [-0.2, 0) is 0 Å². The Bertz CT molecular complexity index is 738. The minimum Gasteiger partial charge on any atom is -0.491 e. The molecule has 0 aliphatic heterocycles. The minimum absolute atomic E-state index is 0.704. The Balaban J connectivity index is 2.21. The van der Waals surface area contributed by atoms with Gasteiger partial charge in [0, 0.05) is 24.2 Å². The van der Waals surface area contributed by atoms with Gasteiger partial charge >= 0.3 is 0 Å². The van der Waals surface area contributed by atoms with E-state index in [1.165, 1.54) is 0 Å². The van der Waals surface area contributed by atoms with Crippen LogP contribution >= 0.6 is 11.3 Å². The molecule has 2 heterocycles. The molecule has 0 fully saturated rings. The second-order valence-electron chi connectivity index (χ2n) is 4.52. The lowest BCUT2D eigenvalue weighted by Gasteiger charge is -2.07. The van der Waals surface area contributed by atoms with E-state index < -0.39 is 0 Å². The summed E-state index contributed by atoms with van der Waals surface area (Å²) in [5, 5.41) is 5.27. The van der Waals surface area contributed by atoms with Crippen LogP contribution in [0.5, 0.6) is 5.75 Å². The van der Waals surface area contributed by atoms with Gasteiger partial charge in [-0.15, -0.1) is 0 Å². The molecule has 3 rings (SSSR count). The Kier molecular flexibility index (Phi) is 3.69. The molecule has 2 aromatic heterocycles. The fourth-order valence-electron chi connectivity index (χ4n) is 2.15. The smallest absolute Gasteiger partial charge is 0.183 e. The molecule has 0 spiro atoms. The third-order valence-corrected chi connectivity index (χ3v) is 3.96. The van der Waals surface area contributed by atoms with Crippen molar-refractivity contribution in [2.24, 2.45) is 0 Å². The summed E-state index contributed by atoms with van der Waals surface area (Å²) in [6, 6.07) is 6.05. The van der Waals surface area contributed by atoms with Crippen molar-refractivity contribution in [3.63, 3.8) is 0 Å². The molecule has 0 aliphatic rings. The Morgan fingerprint density at radius 1 is 1.30 bits per heavy atom. The van der Waals surface area contributed by atoms with Crippen LogP contribution in [0.3, 0.4) is 0 Å². The van der Waals surface area contributed by atoms with Crippen molar-refractivity contribution in [1.29, 1.82) is 0 Å². The van der Waals surface area contributed by atoms with E-state index in [9.17, 15) is 0 Å². The Morgan fingerprint density at radius 2 is 2.20 bits per heavy atom. The van der Waals surface area contributed by atoms with Gasteiger partial charge in [-0.05, 0) is 25.5 Å². The topological polar surface area (TPSA) is 47.0 Å². The summed E-state index contributed by atoms with van der Waals surface area (Å²) in [7, 11) is 0. The molecule has 3 aromatic rings. The summed E-state index contributed by atoms with van der Waals surface area (Å²) in [6.07, 6.45) is 2.78. The number of hydrogen-bond acceptors (Lipinski definition) is 5. The average Bonchev–Trinajstić information content (AvgIpc) is 2.88. The number of pyridine rings is 1. The lowest BCUT2D eigenvalue weighted by molar-refractivity contribution is 0.321. The van der Waals surface area contributed by atoms with Crippen molar-refractivity contribution in [1.82, 2.24) is 9.97 Å². The van der Waals surface area contributed by atoms with Gasteiger partial charge in [0.1, 0.15) is 11.3 Å². The van der Waals surface area contributed by atoms with E-state index in [1.54, 1.807) is 17.5 Å². The molecular formula is C15H17N3OS. The van der Waals surface area contributed by atoms with E-state index >= 15 is 0 Å². The molecule has 20 heavy (non-hydrogen) atoms. The normalized spacial score (nSPS) is 11.1. The first-order valence-corrected chi connectivity index (χ1v) is 7.70. The quantitative estimate of drug-likeness (QED) is 0.768. The second-order valence-corrected chi connectivity index (χ2v) is 5.55. The van der Waals surface area contributed by atoms with Crippen molar-refractivity contribution in [2.45, 2.75) is 20.3 Å². The van der Waals surface area contributed by atoms with Crippen molar-refractivity contribution in [3.8, 4) is 5.75 Å². The highest BCUT2D eigenvalue weighted by Crippen LogP contribution is 2.36. The molecule has 4 nitrogen and oxygen atoms in total. The molecule has 0 atom stereocenters. The zero-order chi connectivity index (χ0) is 13.9. The van der Waals surface area contributed by atoms with Gasteiger partial charge in [-0.3, -0.25) is 4.98 Å². The molecule has 1 N–H and O–H groups in total. The van der Waals surface area contributed by atoms with Crippen LogP contribution in [0.1, 0.15) is 20.3 Å². The first-order chi connectivity index (χ1) is 9.83. The molecule has 104 valence electrons. The fraction of sp³-hybridized carbons (Fsp3) is 0.333. The largest absolute Gasteiger partial charge is 0.491 e.